The molecule has 0 spiro atoms. The van der Waals surface area contributed by atoms with Crippen molar-refractivity contribution >= 4 is 39.6 Å². The van der Waals surface area contributed by atoms with Crippen molar-refractivity contribution in [1.29, 1.82) is 0 Å². The summed E-state index contributed by atoms with van der Waals surface area (Å²) >= 11 is 0. The Morgan fingerprint density at radius 3 is 1.98 bits per heavy atom. The summed E-state index contributed by atoms with van der Waals surface area (Å²) in [7, 11) is 0. The Labute approximate surface area is 231 Å². The zero-order valence-corrected chi connectivity index (χ0v) is 21.9. The molecule has 0 unspecified atom stereocenters. The Hall–Kier alpha value is -4.89. The van der Waals surface area contributed by atoms with Crippen LogP contribution in [0.15, 0.2) is 91.3 Å². The molecular weight excluding hydrogens is 506 g/mol. The number of nitrogens with one attached hydrogen (secondary N) is 4. The number of aromatic amines is 2. The molecule has 0 aliphatic rings. The second-order valence-electron chi connectivity index (χ2n) is 9.66. The predicted molar refractivity (Wildman–Crippen MR) is 153 cm³/mol. The van der Waals surface area contributed by atoms with E-state index in [9.17, 15) is 14.4 Å². The number of benzene rings is 3. The summed E-state index contributed by atoms with van der Waals surface area (Å²) in [6.45, 7) is -0.221. The van der Waals surface area contributed by atoms with Crippen molar-refractivity contribution < 1.29 is 19.1 Å². The van der Waals surface area contributed by atoms with Gasteiger partial charge in [-0.2, -0.15) is 0 Å². The van der Waals surface area contributed by atoms with Crippen molar-refractivity contribution in [3.05, 3.63) is 108 Å². The Bertz CT molecular complexity index is 1620. The van der Waals surface area contributed by atoms with E-state index in [4.69, 9.17) is 10.5 Å². The van der Waals surface area contributed by atoms with Crippen molar-refractivity contribution in [2.75, 3.05) is 6.54 Å². The maximum Gasteiger partial charge on any atom is 0.325 e. The fourth-order valence-corrected chi connectivity index (χ4v) is 4.71. The molecule has 0 bridgehead atoms. The zero-order valence-electron chi connectivity index (χ0n) is 21.9. The normalized spacial score (nSPS) is 12.6. The van der Waals surface area contributed by atoms with Gasteiger partial charge >= 0.3 is 5.97 Å². The maximum atomic E-state index is 13.2. The van der Waals surface area contributed by atoms with Crippen LogP contribution in [-0.2, 0) is 38.6 Å². The quantitative estimate of drug-likeness (QED) is 0.165. The number of amides is 2. The van der Waals surface area contributed by atoms with Crippen LogP contribution in [0.5, 0.6) is 0 Å². The maximum absolute atomic E-state index is 13.2. The van der Waals surface area contributed by atoms with Gasteiger partial charge in [-0.25, -0.2) is 0 Å². The first kappa shape index (κ1) is 26.7. The zero-order chi connectivity index (χ0) is 27.9. The molecule has 40 heavy (non-hydrogen) atoms. The first-order chi connectivity index (χ1) is 19.5. The average Bonchev–Trinajstić information content (AvgIpc) is 3.59. The molecular formula is C31H31N5O4. The lowest BCUT2D eigenvalue weighted by atomic mass is 10.0. The third-order valence-corrected chi connectivity index (χ3v) is 6.83. The van der Waals surface area contributed by atoms with Crippen LogP contribution in [0.1, 0.15) is 16.7 Å². The molecule has 3 aromatic carbocycles. The number of para-hydroxylation sites is 2. The first-order valence-electron chi connectivity index (χ1n) is 13.1. The second kappa shape index (κ2) is 12.3. The Kier molecular flexibility index (Phi) is 8.22. The molecule has 5 aromatic rings. The molecule has 9 heteroatoms. The number of hydrogen-bond acceptors (Lipinski definition) is 5. The van der Waals surface area contributed by atoms with E-state index in [-0.39, 0.29) is 19.6 Å². The SMILES string of the molecule is N[C@@H](Cc1c[nH]c2ccccc12)C(=O)N[C@@H](Cc1c[nH]c2ccccc12)C(=O)NCC(=O)OCc1ccccc1. The number of aromatic nitrogens is 2. The summed E-state index contributed by atoms with van der Waals surface area (Å²) in [5, 5.41) is 7.36. The first-order valence-corrected chi connectivity index (χ1v) is 13.1. The minimum Gasteiger partial charge on any atom is -0.460 e. The van der Waals surface area contributed by atoms with Gasteiger partial charge in [0.15, 0.2) is 0 Å². The van der Waals surface area contributed by atoms with E-state index in [0.29, 0.717) is 6.42 Å². The summed E-state index contributed by atoms with van der Waals surface area (Å²) in [6, 6.07) is 22.9. The number of nitrogens with two attached hydrogens (primary N) is 1. The summed E-state index contributed by atoms with van der Waals surface area (Å²) in [6.07, 6.45) is 4.16. The third kappa shape index (κ3) is 6.39. The summed E-state index contributed by atoms with van der Waals surface area (Å²) in [5.41, 5.74) is 10.8. The Balaban J connectivity index is 1.25. The Morgan fingerprint density at radius 2 is 1.32 bits per heavy atom. The molecule has 0 aliphatic carbocycles. The lowest BCUT2D eigenvalue weighted by Gasteiger charge is -2.20. The number of fused-ring (bicyclic) bond motifs is 2. The van der Waals surface area contributed by atoms with E-state index >= 15 is 0 Å². The summed E-state index contributed by atoms with van der Waals surface area (Å²) in [4.78, 5) is 45.1. The fraction of sp³-hybridized carbons (Fsp3) is 0.194. The fourth-order valence-electron chi connectivity index (χ4n) is 4.71. The highest BCUT2D eigenvalue weighted by atomic mass is 16.5. The highest BCUT2D eigenvalue weighted by molar-refractivity contribution is 5.93. The van der Waals surface area contributed by atoms with E-state index in [1.807, 2.05) is 91.3 Å². The molecule has 0 fully saturated rings. The lowest BCUT2D eigenvalue weighted by molar-refractivity contribution is -0.145. The Morgan fingerprint density at radius 1 is 0.750 bits per heavy atom. The molecule has 2 aromatic heterocycles. The van der Waals surface area contributed by atoms with Gasteiger partial charge in [-0.3, -0.25) is 14.4 Å². The van der Waals surface area contributed by atoms with E-state index in [1.54, 1.807) is 0 Å². The van der Waals surface area contributed by atoms with Gasteiger partial charge in [-0.1, -0.05) is 66.7 Å². The predicted octanol–water partition coefficient (Wildman–Crippen LogP) is 3.11. The lowest BCUT2D eigenvalue weighted by Crippen LogP contribution is -2.53. The van der Waals surface area contributed by atoms with Crippen LogP contribution in [0.2, 0.25) is 0 Å². The number of carbonyl (C=O) groups excluding carboxylic acids is 3. The standard InChI is InChI=1S/C31H31N5O4/c32-25(14-21-16-33-26-12-6-4-10-23(21)26)30(38)36-28(15-22-17-34-27-13-7-5-11-24(22)27)31(39)35-18-29(37)40-19-20-8-2-1-3-9-20/h1-13,16-17,25,28,33-34H,14-15,18-19,32H2,(H,35,39)(H,36,38)/t25-,28-/m0/s1. The minimum absolute atomic E-state index is 0.105. The van der Waals surface area contributed by atoms with E-state index < -0.39 is 29.9 Å². The van der Waals surface area contributed by atoms with Crippen molar-refractivity contribution in [1.82, 2.24) is 20.6 Å². The van der Waals surface area contributed by atoms with E-state index in [0.717, 1.165) is 38.5 Å². The molecule has 2 amide bonds. The molecule has 5 rings (SSSR count). The molecule has 6 N–H and O–H groups in total. The van der Waals surface area contributed by atoms with Gasteiger partial charge < -0.3 is 31.1 Å². The van der Waals surface area contributed by atoms with Gasteiger partial charge in [0.25, 0.3) is 0 Å². The largest absolute Gasteiger partial charge is 0.460 e. The van der Waals surface area contributed by atoms with Crippen molar-refractivity contribution in [3.8, 4) is 0 Å². The summed E-state index contributed by atoms with van der Waals surface area (Å²) < 4.78 is 5.27. The molecule has 2 heterocycles. The number of esters is 1. The molecule has 0 aliphatic heterocycles. The number of ether oxygens (including phenoxy) is 1. The smallest absolute Gasteiger partial charge is 0.325 e. The van der Waals surface area contributed by atoms with E-state index in [1.165, 1.54) is 0 Å². The highest BCUT2D eigenvalue weighted by Gasteiger charge is 2.26. The van der Waals surface area contributed by atoms with Crippen LogP contribution >= 0.6 is 0 Å². The van der Waals surface area contributed by atoms with Crippen LogP contribution in [0, 0.1) is 0 Å². The van der Waals surface area contributed by atoms with Crippen LogP contribution in [0.4, 0.5) is 0 Å². The molecule has 0 saturated carbocycles. The van der Waals surface area contributed by atoms with Gasteiger partial charge in [0.2, 0.25) is 11.8 Å². The molecule has 9 nitrogen and oxygen atoms in total. The van der Waals surface area contributed by atoms with Crippen LogP contribution in [-0.4, -0.2) is 46.4 Å². The number of carbonyl (C=O) groups is 3. The van der Waals surface area contributed by atoms with Gasteiger partial charge in [-0.15, -0.1) is 0 Å². The highest BCUT2D eigenvalue weighted by Crippen LogP contribution is 2.20. The van der Waals surface area contributed by atoms with Crippen LogP contribution < -0.4 is 16.4 Å². The van der Waals surface area contributed by atoms with Gasteiger partial charge in [0.1, 0.15) is 19.2 Å². The van der Waals surface area contributed by atoms with Crippen molar-refractivity contribution in [3.63, 3.8) is 0 Å². The average molecular weight is 538 g/mol. The monoisotopic (exact) mass is 537 g/mol. The van der Waals surface area contributed by atoms with Gasteiger partial charge in [0.05, 0.1) is 6.04 Å². The number of rotatable bonds is 11. The van der Waals surface area contributed by atoms with Crippen LogP contribution in [0.25, 0.3) is 21.8 Å². The van der Waals surface area contributed by atoms with Crippen molar-refractivity contribution in [2.24, 2.45) is 5.73 Å². The second-order valence-corrected chi connectivity index (χ2v) is 9.66. The summed E-state index contributed by atoms with van der Waals surface area (Å²) in [5.74, 6) is -1.54. The third-order valence-electron chi connectivity index (χ3n) is 6.83. The van der Waals surface area contributed by atoms with Crippen LogP contribution in [0.3, 0.4) is 0 Å². The topological polar surface area (TPSA) is 142 Å². The molecule has 2 atom stereocenters. The van der Waals surface area contributed by atoms with Gasteiger partial charge in [0, 0.05) is 40.6 Å². The molecule has 0 radical (unpaired) electrons. The van der Waals surface area contributed by atoms with Crippen molar-refractivity contribution in [2.45, 2.75) is 31.5 Å². The van der Waals surface area contributed by atoms with Gasteiger partial charge in [-0.05, 0) is 35.2 Å². The number of hydrogen-bond donors (Lipinski definition) is 5. The minimum atomic E-state index is -0.956. The number of H-pyrrole nitrogens is 2. The molecule has 0 saturated heterocycles. The molecule has 204 valence electrons. The van der Waals surface area contributed by atoms with E-state index in [2.05, 4.69) is 20.6 Å².